The summed E-state index contributed by atoms with van der Waals surface area (Å²) in [6.07, 6.45) is 5.73. The van der Waals surface area contributed by atoms with E-state index in [0.717, 1.165) is 21.2 Å². The Bertz CT molecular complexity index is 1560. The van der Waals surface area contributed by atoms with Crippen molar-refractivity contribution in [3.8, 4) is 0 Å². The van der Waals surface area contributed by atoms with Gasteiger partial charge in [-0.25, -0.2) is 4.98 Å². The van der Waals surface area contributed by atoms with Crippen molar-refractivity contribution in [2.45, 2.75) is 11.0 Å². The fraction of sp³-hybridized carbons (Fsp3) is 0.0571. The molecule has 2 nitrogen and oxygen atoms in total. The molecule has 202 valence electrons. The largest absolute Gasteiger partial charge is 0.326 e. The third-order valence-electron chi connectivity index (χ3n) is 7.45. The van der Waals surface area contributed by atoms with Crippen molar-refractivity contribution in [3.63, 3.8) is 0 Å². The Balaban J connectivity index is 0.000000202. The van der Waals surface area contributed by atoms with Crippen LogP contribution in [0.15, 0.2) is 158 Å². The summed E-state index contributed by atoms with van der Waals surface area (Å²) in [6.45, 7) is 0. The molecule has 5 aromatic carbocycles. The van der Waals surface area contributed by atoms with E-state index in [1.807, 2.05) is 43.0 Å². The standard InChI is InChI=1S/C22H18Cl2N2Si.C13H13B/c23-19-8-4-6-17(14-19)22(26-13-12-25-16-26,18-7-5-9-20(24)15-18)27-21-10-2-1-3-11-21;14-13(11-7-3-1-4-8-11)12-9-5-2-6-10-12/h1-16H,27H2;1-10,13H,14H2. The van der Waals surface area contributed by atoms with Gasteiger partial charge in [-0.3, -0.25) is 0 Å². The fourth-order valence-electron chi connectivity index (χ4n) is 5.30. The van der Waals surface area contributed by atoms with Crippen LogP contribution in [0, 0.1) is 0 Å². The maximum atomic E-state index is 6.40. The molecule has 0 unspecified atom stereocenters. The highest BCUT2D eigenvalue weighted by molar-refractivity contribution is 6.57. The van der Waals surface area contributed by atoms with Gasteiger partial charge in [0.2, 0.25) is 0 Å². The Morgan fingerprint density at radius 3 is 1.56 bits per heavy atom. The maximum absolute atomic E-state index is 6.40. The first kappa shape index (κ1) is 28.7. The third-order valence-corrected chi connectivity index (χ3v) is 10.5. The van der Waals surface area contributed by atoms with Crippen LogP contribution in [0.4, 0.5) is 0 Å². The topological polar surface area (TPSA) is 17.8 Å². The predicted molar refractivity (Wildman–Crippen MR) is 179 cm³/mol. The molecule has 41 heavy (non-hydrogen) atoms. The first-order valence-corrected chi connectivity index (χ1v) is 15.9. The zero-order valence-electron chi connectivity index (χ0n) is 22.9. The molecule has 6 aromatic rings. The summed E-state index contributed by atoms with van der Waals surface area (Å²) in [5.41, 5.74) is 5.04. The summed E-state index contributed by atoms with van der Waals surface area (Å²) in [5.74, 6) is 0.484. The lowest BCUT2D eigenvalue weighted by Crippen LogP contribution is -2.46. The fourth-order valence-corrected chi connectivity index (χ4v) is 8.00. The van der Waals surface area contributed by atoms with Gasteiger partial charge in [-0.1, -0.05) is 144 Å². The van der Waals surface area contributed by atoms with E-state index < -0.39 is 9.52 Å². The second kappa shape index (κ2) is 13.7. The van der Waals surface area contributed by atoms with Gasteiger partial charge in [-0.2, -0.15) is 0 Å². The number of imidazole rings is 1. The smallest absolute Gasteiger partial charge is 0.116 e. The molecule has 0 fully saturated rings. The molecule has 0 radical (unpaired) electrons. The summed E-state index contributed by atoms with van der Waals surface area (Å²) in [7, 11) is 1.34. The van der Waals surface area contributed by atoms with Gasteiger partial charge in [0.15, 0.2) is 0 Å². The van der Waals surface area contributed by atoms with Crippen LogP contribution in [-0.2, 0) is 5.16 Å². The van der Waals surface area contributed by atoms with Crippen LogP contribution in [0.2, 0.25) is 10.0 Å². The normalized spacial score (nSPS) is 11.4. The van der Waals surface area contributed by atoms with Crippen LogP contribution in [0.1, 0.15) is 28.1 Å². The lowest BCUT2D eigenvalue weighted by atomic mass is 9.76. The van der Waals surface area contributed by atoms with Crippen LogP contribution in [0.5, 0.6) is 0 Å². The first-order chi connectivity index (χ1) is 20.1. The minimum absolute atomic E-state index is 0.381. The van der Waals surface area contributed by atoms with Crippen molar-refractivity contribution < 1.29 is 0 Å². The van der Waals surface area contributed by atoms with E-state index >= 15 is 0 Å². The van der Waals surface area contributed by atoms with Crippen LogP contribution in [0.3, 0.4) is 0 Å². The number of benzene rings is 5. The van der Waals surface area contributed by atoms with Gasteiger partial charge in [0.05, 0.1) is 21.0 Å². The lowest BCUT2D eigenvalue weighted by Gasteiger charge is -2.37. The van der Waals surface area contributed by atoms with E-state index in [0.29, 0.717) is 5.82 Å². The number of nitrogens with zero attached hydrogens (tertiary/aromatic N) is 2. The quantitative estimate of drug-likeness (QED) is 0.187. The monoisotopic (exact) mass is 588 g/mol. The Kier molecular flexibility index (Phi) is 9.58. The van der Waals surface area contributed by atoms with Gasteiger partial charge >= 0.3 is 0 Å². The molecule has 0 saturated heterocycles. The summed E-state index contributed by atoms with van der Waals surface area (Å²) >= 11 is 12.8. The van der Waals surface area contributed by atoms with Crippen LogP contribution < -0.4 is 5.19 Å². The maximum Gasteiger partial charge on any atom is 0.116 e. The van der Waals surface area contributed by atoms with Gasteiger partial charge in [0, 0.05) is 22.4 Å². The SMILES string of the molecule is BC(c1ccccc1)c1ccccc1.Clc1cccc(C([SiH2]c2ccccc2)(c2cccc(Cl)c2)n2ccnc2)c1. The second-order valence-electron chi connectivity index (χ2n) is 10.1. The molecular formula is C35H31BCl2N2Si. The molecule has 1 aromatic heterocycles. The van der Waals surface area contributed by atoms with Crippen molar-refractivity contribution in [1.82, 2.24) is 9.55 Å². The minimum Gasteiger partial charge on any atom is -0.326 e. The Hall–Kier alpha value is -3.83. The van der Waals surface area contributed by atoms with Crippen molar-refractivity contribution in [1.29, 1.82) is 0 Å². The van der Waals surface area contributed by atoms with E-state index in [1.165, 1.54) is 16.3 Å². The van der Waals surface area contributed by atoms with Crippen molar-refractivity contribution in [2.75, 3.05) is 0 Å². The molecule has 0 spiro atoms. The summed E-state index contributed by atoms with van der Waals surface area (Å²) in [4.78, 5) is 4.34. The Labute approximate surface area is 255 Å². The van der Waals surface area contributed by atoms with Crippen LogP contribution in [0.25, 0.3) is 0 Å². The molecule has 0 aliphatic rings. The molecule has 0 aliphatic carbocycles. The van der Waals surface area contributed by atoms with E-state index in [1.54, 1.807) is 0 Å². The molecule has 0 amide bonds. The number of aromatic nitrogens is 2. The van der Waals surface area contributed by atoms with Crippen molar-refractivity contribution >= 4 is 45.8 Å². The highest BCUT2D eigenvalue weighted by atomic mass is 35.5. The summed E-state index contributed by atoms with van der Waals surface area (Å²) in [6, 6.07) is 48.1. The van der Waals surface area contributed by atoms with Crippen LogP contribution >= 0.6 is 23.2 Å². The molecule has 1 heterocycles. The number of rotatable bonds is 7. The molecule has 6 heteroatoms. The second-order valence-corrected chi connectivity index (χ2v) is 13.1. The average molecular weight is 589 g/mol. The molecule has 6 rings (SSSR count). The van der Waals surface area contributed by atoms with E-state index in [-0.39, 0.29) is 5.16 Å². The Morgan fingerprint density at radius 1 is 0.634 bits per heavy atom. The minimum atomic E-state index is -0.896. The number of hydrogen-bond acceptors (Lipinski definition) is 1. The Morgan fingerprint density at radius 2 is 1.12 bits per heavy atom. The zero-order chi connectivity index (χ0) is 28.5. The lowest BCUT2D eigenvalue weighted by molar-refractivity contribution is 0.596. The van der Waals surface area contributed by atoms with Crippen molar-refractivity contribution in [3.05, 3.63) is 191 Å². The van der Waals surface area contributed by atoms with E-state index in [4.69, 9.17) is 23.2 Å². The summed E-state index contributed by atoms with van der Waals surface area (Å²) < 4.78 is 2.20. The molecule has 0 atom stereocenters. The van der Waals surface area contributed by atoms with E-state index in [2.05, 4.69) is 133 Å². The van der Waals surface area contributed by atoms with Gasteiger partial charge in [0.1, 0.15) is 7.85 Å². The highest BCUT2D eigenvalue weighted by Gasteiger charge is 2.37. The first-order valence-electron chi connectivity index (χ1n) is 13.7. The molecular weight excluding hydrogens is 558 g/mol. The van der Waals surface area contributed by atoms with Gasteiger partial charge in [-0.15, -0.1) is 0 Å². The van der Waals surface area contributed by atoms with Gasteiger partial charge in [-0.05, 0) is 52.3 Å². The van der Waals surface area contributed by atoms with Crippen molar-refractivity contribution in [2.24, 2.45) is 0 Å². The molecule has 0 aliphatic heterocycles. The average Bonchev–Trinajstić information content (AvgIpc) is 3.57. The molecule has 0 saturated carbocycles. The number of hydrogen-bond donors (Lipinski definition) is 0. The molecule has 0 bridgehead atoms. The van der Waals surface area contributed by atoms with Gasteiger partial charge in [0.25, 0.3) is 0 Å². The number of halogens is 2. The highest BCUT2D eigenvalue weighted by Crippen LogP contribution is 2.35. The molecule has 0 N–H and O–H groups in total. The third kappa shape index (κ3) is 6.91. The van der Waals surface area contributed by atoms with E-state index in [9.17, 15) is 0 Å². The zero-order valence-corrected chi connectivity index (χ0v) is 25.9. The summed E-state index contributed by atoms with van der Waals surface area (Å²) in [5, 5.41) is 2.42. The van der Waals surface area contributed by atoms with Gasteiger partial charge < -0.3 is 4.57 Å². The predicted octanol–water partition coefficient (Wildman–Crippen LogP) is 6.84. The van der Waals surface area contributed by atoms with Crippen LogP contribution in [-0.4, -0.2) is 26.9 Å².